The molecule has 3 aromatic rings. The molecule has 6 nitrogen and oxygen atoms in total. The van der Waals surface area contributed by atoms with Gasteiger partial charge >= 0.3 is 5.97 Å². The van der Waals surface area contributed by atoms with Crippen LogP contribution in [-0.4, -0.2) is 37.2 Å². The van der Waals surface area contributed by atoms with Gasteiger partial charge in [0.2, 0.25) is 5.91 Å². The molecule has 2 atom stereocenters. The number of aliphatic carboxylic acids is 1. The van der Waals surface area contributed by atoms with Crippen molar-refractivity contribution >= 4 is 11.9 Å². The molecule has 0 unspecified atom stereocenters. The molecular formula is C29H29NO5. The molecule has 2 N–H and O–H groups in total. The molecule has 0 saturated heterocycles. The van der Waals surface area contributed by atoms with Gasteiger partial charge in [-0.15, -0.1) is 0 Å². The number of hydrogen-bond acceptors (Lipinski definition) is 4. The molecule has 6 heteroatoms. The Morgan fingerprint density at radius 1 is 0.743 bits per heavy atom. The van der Waals surface area contributed by atoms with E-state index >= 15 is 0 Å². The fraction of sp³-hybridized carbons (Fsp3) is 0.310. The smallest absolute Gasteiger partial charge is 0.307 e. The zero-order valence-corrected chi connectivity index (χ0v) is 19.8. The molecule has 2 aliphatic rings. The normalized spacial score (nSPS) is 23.1. The van der Waals surface area contributed by atoms with E-state index in [0.717, 1.165) is 24.0 Å². The van der Waals surface area contributed by atoms with Crippen molar-refractivity contribution in [1.82, 2.24) is 5.32 Å². The zero-order valence-electron chi connectivity index (χ0n) is 19.8. The van der Waals surface area contributed by atoms with Gasteiger partial charge in [-0.25, -0.2) is 0 Å². The summed E-state index contributed by atoms with van der Waals surface area (Å²) in [5.41, 5.74) is 3.97. The van der Waals surface area contributed by atoms with Gasteiger partial charge in [0.1, 0.15) is 11.5 Å². The fourth-order valence-electron chi connectivity index (χ4n) is 6.00. The molecule has 1 amide bonds. The number of carboxylic acids is 1. The Labute approximate surface area is 204 Å². The average Bonchev–Trinajstić information content (AvgIpc) is 3.26. The number of fused-ring (bicyclic) bond motifs is 1. The lowest BCUT2D eigenvalue weighted by molar-refractivity contribution is -0.153. The molecule has 0 spiro atoms. The van der Waals surface area contributed by atoms with Crippen molar-refractivity contribution in [3.63, 3.8) is 0 Å². The van der Waals surface area contributed by atoms with Gasteiger partial charge in [0.05, 0.1) is 26.1 Å². The molecule has 0 heterocycles. The lowest BCUT2D eigenvalue weighted by atomic mass is 9.52. The summed E-state index contributed by atoms with van der Waals surface area (Å²) in [6.45, 7) is 0. The van der Waals surface area contributed by atoms with Crippen LogP contribution in [0.2, 0.25) is 0 Å². The summed E-state index contributed by atoms with van der Waals surface area (Å²) in [6.07, 6.45) is 1.55. The van der Waals surface area contributed by atoms with Gasteiger partial charge in [0, 0.05) is 17.9 Å². The van der Waals surface area contributed by atoms with Gasteiger partial charge in [0.15, 0.2) is 0 Å². The predicted octanol–water partition coefficient (Wildman–Crippen LogP) is 4.19. The van der Waals surface area contributed by atoms with Crippen molar-refractivity contribution in [3.05, 3.63) is 95.1 Å². The molecule has 0 aliphatic heterocycles. The Hall–Kier alpha value is -3.80. The first-order chi connectivity index (χ1) is 17.0. The highest BCUT2D eigenvalue weighted by atomic mass is 16.5. The van der Waals surface area contributed by atoms with Crippen LogP contribution in [0.1, 0.15) is 34.1 Å². The average molecular weight is 472 g/mol. The molecule has 0 aromatic heterocycles. The zero-order chi connectivity index (χ0) is 24.5. The van der Waals surface area contributed by atoms with Crippen LogP contribution in [-0.2, 0) is 22.4 Å². The first kappa shape index (κ1) is 23.0. The van der Waals surface area contributed by atoms with Gasteiger partial charge < -0.3 is 19.9 Å². The van der Waals surface area contributed by atoms with E-state index in [4.69, 9.17) is 9.47 Å². The molecule has 0 radical (unpaired) electrons. The van der Waals surface area contributed by atoms with Crippen molar-refractivity contribution in [2.75, 3.05) is 14.2 Å². The van der Waals surface area contributed by atoms with E-state index in [-0.39, 0.29) is 11.9 Å². The van der Waals surface area contributed by atoms with Gasteiger partial charge in [-0.3, -0.25) is 9.59 Å². The summed E-state index contributed by atoms with van der Waals surface area (Å²) in [5, 5.41) is 13.6. The van der Waals surface area contributed by atoms with Crippen LogP contribution in [0.3, 0.4) is 0 Å². The van der Waals surface area contributed by atoms with Crippen LogP contribution in [0.5, 0.6) is 11.5 Å². The van der Waals surface area contributed by atoms with E-state index in [1.807, 2.05) is 60.7 Å². The number of methoxy groups -OCH3 is 2. The largest absolute Gasteiger partial charge is 0.496 e. The third-order valence-corrected chi connectivity index (χ3v) is 7.53. The van der Waals surface area contributed by atoms with Crippen molar-refractivity contribution < 1.29 is 24.2 Å². The SMILES string of the molecule is COc1ccccc1[C@H]1C(C(=O)O)[C@H](c2ccccc2OC)C1C(=O)NC1Cc2ccccc2C1. The lowest BCUT2D eigenvalue weighted by Gasteiger charge is -2.50. The number of carbonyl (C=O) groups excluding carboxylic acids is 1. The number of benzene rings is 3. The molecular weight excluding hydrogens is 442 g/mol. The second kappa shape index (κ2) is 9.45. The van der Waals surface area contributed by atoms with Gasteiger partial charge in [-0.2, -0.15) is 0 Å². The van der Waals surface area contributed by atoms with Crippen molar-refractivity contribution in [1.29, 1.82) is 0 Å². The number of hydrogen-bond donors (Lipinski definition) is 2. The van der Waals surface area contributed by atoms with Crippen LogP contribution in [0.25, 0.3) is 0 Å². The minimum absolute atomic E-state index is 0.0135. The minimum Gasteiger partial charge on any atom is -0.496 e. The number of rotatable bonds is 7. The Balaban J connectivity index is 1.53. The molecule has 35 heavy (non-hydrogen) atoms. The van der Waals surface area contributed by atoms with E-state index in [1.165, 1.54) is 11.1 Å². The molecule has 1 fully saturated rings. The van der Waals surface area contributed by atoms with Crippen LogP contribution < -0.4 is 14.8 Å². The van der Waals surface area contributed by atoms with Crippen LogP contribution in [0.4, 0.5) is 0 Å². The number of carbonyl (C=O) groups is 2. The summed E-state index contributed by atoms with van der Waals surface area (Å²) < 4.78 is 11.1. The summed E-state index contributed by atoms with van der Waals surface area (Å²) in [7, 11) is 3.13. The van der Waals surface area contributed by atoms with Gasteiger partial charge in [-0.1, -0.05) is 60.7 Å². The predicted molar refractivity (Wildman–Crippen MR) is 132 cm³/mol. The number of carboxylic acid groups (broad SMARTS) is 1. The van der Waals surface area contributed by atoms with Gasteiger partial charge in [0.25, 0.3) is 0 Å². The van der Waals surface area contributed by atoms with E-state index < -0.39 is 29.6 Å². The number of ether oxygens (including phenoxy) is 2. The number of nitrogens with one attached hydrogen (secondary N) is 1. The maximum absolute atomic E-state index is 13.9. The first-order valence-corrected chi connectivity index (χ1v) is 11.9. The molecule has 0 bridgehead atoms. The molecule has 2 aliphatic carbocycles. The Morgan fingerprint density at radius 2 is 1.20 bits per heavy atom. The molecule has 5 rings (SSSR count). The summed E-state index contributed by atoms with van der Waals surface area (Å²) in [5.74, 6) is -2.31. The highest BCUT2D eigenvalue weighted by Crippen LogP contribution is 2.60. The van der Waals surface area contributed by atoms with Crippen molar-refractivity contribution in [2.24, 2.45) is 11.8 Å². The standard InChI is InChI=1S/C29H29NO5/c1-34-22-13-7-5-11-20(22)24-26(28(31)30-19-15-17-9-3-4-10-18(17)16-19)25(27(24)29(32)33)21-12-6-8-14-23(21)35-2/h3-14,19,24-27H,15-16H2,1-2H3,(H,30,31)(H,32,33)/t24-,25-,26?,27?/m1/s1. The van der Waals surface area contributed by atoms with Crippen LogP contribution in [0.15, 0.2) is 72.8 Å². The third-order valence-electron chi connectivity index (χ3n) is 7.53. The second-order valence-corrected chi connectivity index (χ2v) is 9.31. The van der Waals surface area contributed by atoms with Gasteiger partial charge in [-0.05, 0) is 47.2 Å². The summed E-state index contributed by atoms with van der Waals surface area (Å²) in [6, 6.07) is 23.0. The quantitative estimate of drug-likeness (QED) is 0.540. The van der Waals surface area contributed by atoms with E-state index in [2.05, 4.69) is 17.4 Å². The maximum Gasteiger partial charge on any atom is 0.307 e. The van der Waals surface area contributed by atoms with Crippen LogP contribution in [0, 0.1) is 11.8 Å². The van der Waals surface area contributed by atoms with E-state index in [0.29, 0.717) is 11.5 Å². The summed E-state index contributed by atoms with van der Waals surface area (Å²) in [4.78, 5) is 26.5. The maximum atomic E-state index is 13.9. The Morgan fingerprint density at radius 3 is 1.66 bits per heavy atom. The van der Waals surface area contributed by atoms with Crippen molar-refractivity contribution in [3.8, 4) is 11.5 Å². The fourth-order valence-corrected chi connectivity index (χ4v) is 6.00. The summed E-state index contributed by atoms with van der Waals surface area (Å²) >= 11 is 0. The third kappa shape index (κ3) is 4.03. The minimum atomic E-state index is -0.936. The highest BCUT2D eigenvalue weighted by Gasteiger charge is 2.59. The Bertz CT molecular complexity index is 1170. The highest BCUT2D eigenvalue weighted by molar-refractivity contribution is 5.88. The van der Waals surface area contributed by atoms with E-state index in [1.54, 1.807) is 14.2 Å². The van der Waals surface area contributed by atoms with E-state index in [9.17, 15) is 14.7 Å². The first-order valence-electron chi connectivity index (χ1n) is 11.9. The number of amides is 1. The molecule has 180 valence electrons. The molecule has 1 saturated carbocycles. The lowest BCUT2D eigenvalue weighted by Crippen LogP contribution is -2.55. The van der Waals surface area contributed by atoms with Crippen LogP contribution >= 0.6 is 0 Å². The molecule has 3 aromatic carbocycles. The second-order valence-electron chi connectivity index (χ2n) is 9.31. The number of para-hydroxylation sites is 2. The monoisotopic (exact) mass is 471 g/mol. The Kier molecular flexibility index (Phi) is 6.20. The topological polar surface area (TPSA) is 84.9 Å². The van der Waals surface area contributed by atoms with Crippen molar-refractivity contribution in [2.45, 2.75) is 30.7 Å².